The molecule has 2 aliphatic rings. The molecule has 0 spiro atoms. The maximum atomic E-state index is 13.4. The summed E-state index contributed by atoms with van der Waals surface area (Å²) in [5, 5.41) is 10.1. The number of imidazole rings is 1. The van der Waals surface area contributed by atoms with Crippen LogP contribution in [0.15, 0.2) is 23.2 Å². The van der Waals surface area contributed by atoms with Gasteiger partial charge in [0.15, 0.2) is 14.9 Å². The fourth-order valence-electron chi connectivity index (χ4n) is 5.03. The lowest BCUT2D eigenvalue weighted by atomic mass is 9.77. The van der Waals surface area contributed by atoms with Gasteiger partial charge in [0, 0.05) is 30.9 Å². The molecule has 12 nitrogen and oxygen atoms in total. The average Bonchev–Trinajstić information content (AvgIpc) is 3.46. The second-order valence-corrected chi connectivity index (χ2v) is 12.5. The van der Waals surface area contributed by atoms with Crippen molar-refractivity contribution in [1.29, 1.82) is 0 Å². The predicted molar refractivity (Wildman–Crippen MR) is 136 cm³/mol. The SMILES string of the molecule is CCC(CC)OC(=O)OC(C)OC(=O)C1=C(c2cn3cnc(S(C)(=O)=O)c3s2)[C@H](C)[C@@H]2[C@@H]([C@@H](C)O)C(=O)N12. The van der Waals surface area contributed by atoms with Gasteiger partial charge in [-0.15, -0.1) is 11.3 Å². The van der Waals surface area contributed by atoms with E-state index in [2.05, 4.69) is 4.98 Å². The summed E-state index contributed by atoms with van der Waals surface area (Å²) in [6.45, 7) is 8.43. The lowest BCUT2D eigenvalue weighted by Crippen LogP contribution is -2.63. The number of sulfone groups is 1. The highest BCUT2D eigenvalue weighted by atomic mass is 32.2. The molecule has 2 aromatic rings. The molecule has 0 bridgehead atoms. The number of ether oxygens (including phenoxy) is 3. The average molecular weight is 570 g/mol. The largest absolute Gasteiger partial charge is 0.511 e. The number of rotatable bonds is 9. The zero-order valence-corrected chi connectivity index (χ0v) is 23.5. The molecule has 4 heterocycles. The van der Waals surface area contributed by atoms with Crippen LogP contribution in [0.1, 0.15) is 52.3 Å². The van der Waals surface area contributed by atoms with Crippen LogP contribution < -0.4 is 0 Å². The van der Waals surface area contributed by atoms with Crippen molar-refractivity contribution >= 4 is 49.6 Å². The van der Waals surface area contributed by atoms with Gasteiger partial charge in [0.25, 0.3) is 0 Å². The first-order chi connectivity index (χ1) is 17.8. The highest BCUT2D eigenvalue weighted by molar-refractivity contribution is 7.91. The Morgan fingerprint density at radius 3 is 2.42 bits per heavy atom. The van der Waals surface area contributed by atoms with Gasteiger partial charge < -0.3 is 24.2 Å². The van der Waals surface area contributed by atoms with Gasteiger partial charge in [-0.3, -0.25) is 9.20 Å². The first-order valence-corrected chi connectivity index (χ1v) is 15.0. The second-order valence-electron chi connectivity index (χ2n) is 9.54. The number of hydrogen-bond acceptors (Lipinski definition) is 11. The van der Waals surface area contributed by atoms with E-state index in [0.29, 0.717) is 28.1 Å². The van der Waals surface area contributed by atoms with E-state index >= 15 is 0 Å². The summed E-state index contributed by atoms with van der Waals surface area (Å²) >= 11 is 1.11. The Bertz CT molecular complexity index is 1400. The van der Waals surface area contributed by atoms with Crippen molar-refractivity contribution in [3.8, 4) is 0 Å². The molecule has 2 aliphatic heterocycles. The summed E-state index contributed by atoms with van der Waals surface area (Å²) in [5.74, 6) is -2.42. The Balaban J connectivity index is 1.68. The molecule has 1 N–H and O–H groups in total. The van der Waals surface area contributed by atoms with Gasteiger partial charge in [-0.25, -0.2) is 23.0 Å². The Morgan fingerprint density at radius 2 is 1.84 bits per heavy atom. The standard InChI is InChI=1S/C24H31N3O9S2/c1-7-14(8-2)36-24(31)35-13(5)34-23(30)19-16(11(3)18-17(12(4)28)21(29)27(18)19)15-9-26-10-25-20(22(26)37-15)38(6,32)33/h9-14,17-18,28H,7-8H2,1-6H3/t11-,12+,13?,17+,18+/m0/s1. The fourth-order valence-corrected chi connectivity index (χ4v) is 7.38. The number of carbonyl (C=O) groups is 3. The summed E-state index contributed by atoms with van der Waals surface area (Å²) in [5.41, 5.74) is 0.433. The second kappa shape index (κ2) is 10.3. The number of aliphatic hydroxyl groups is 1. The summed E-state index contributed by atoms with van der Waals surface area (Å²) in [6.07, 6.45) is 1.71. The quantitative estimate of drug-likeness (QED) is 0.271. The molecule has 0 saturated carbocycles. The van der Waals surface area contributed by atoms with E-state index < -0.39 is 52.2 Å². The predicted octanol–water partition coefficient (Wildman–Crippen LogP) is 2.60. The van der Waals surface area contributed by atoms with E-state index in [-0.39, 0.29) is 22.7 Å². The Labute approximate surface area is 224 Å². The van der Waals surface area contributed by atoms with Crippen LogP contribution in [0, 0.1) is 11.8 Å². The van der Waals surface area contributed by atoms with E-state index in [9.17, 15) is 27.9 Å². The van der Waals surface area contributed by atoms with Crippen LogP contribution in [0.4, 0.5) is 4.79 Å². The van der Waals surface area contributed by atoms with E-state index in [4.69, 9.17) is 14.2 Å². The molecule has 14 heteroatoms. The summed E-state index contributed by atoms with van der Waals surface area (Å²) in [6, 6.07) is -0.495. The third-order valence-corrected chi connectivity index (χ3v) is 9.14. The third-order valence-electron chi connectivity index (χ3n) is 6.87. The minimum Gasteiger partial charge on any atom is -0.431 e. The normalized spacial score (nSPS) is 22.9. The molecule has 0 radical (unpaired) electrons. The first kappa shape index (κ1) is 28.0. The maximum Gasteiger partial charge on any atom is 0.511 e. The van der Waals surface area contributed by atoms with Gasteiger partial charge in [0.2, 0.25) is 12.2 Å². The van der Waals surface area contributed by atoms with E-state index in [1.54, 1.807) is 10.6 Å². The lowest BCUT2D eigenvalue weighted by Gasteiger charge is -2.46. The zero-order valence-electron chi connectivity index (χ0n) is 21.9. The Kier molecular flexibility index (Phi) is 7.60. The van der Waals surface area contributed by atoms with E-state index in [1.807, 2.05) is 20.8 Å². The third kappa shape index (κ3) is 4.80. The number of aromatic nitrogens is 2. The minimum absolute atomic E-state index is 0.0356. The zero-order chi connectivity index (χ0) is 28.1. The van der Waals surface area contributed by atoms with Gasteiger partial charge in [-0.1, -0.05) is 20.8 Å². The highest BCUT2D eigenvalue weighted by Gasteiger charge is 2.60. The minimum atomic E-state index is -3.61. The number of β-lactam (4-membered cyclic amide) rings is 1. The van der Waals surface area contributed by atoms with Crippen molar-refractivity contribution in [2.45, 2.75) is 77.0 Å². The molecular weight excluding hydrogens is 538 g/mol. The molecule has 2 aromatic heterocycles. The molecule has 1 unspecified atom stereocenters. The van der Waals surface area contributed by atoms with E-state index in [0.717, 1.165) is 17.6 Å². The lowest BCUT2D eigenvalue weighted by molar-refractivity contribution is -0.174. The Hall–Kier alpha value is -2.97. The van der Waals surface area contributed by atoms with Gasteiger partial charge >= 0.3 is 12.1 Å². The number of thiazole rings is 1. The fraction of sp³-hybridized carbons (Fsp3) is 0.583. The van der Waals surface area contributed by atoms with Crippen molar-refractivity contribution in [1.82, 2.24) is 14.3 Å². The van der Waals surface area contributed by atoms with Crippen LogP contribution in [0.2, 0.25) is 0 Å². The monoisotopic (exact) mass is 569 g/mol. The van der Waals surface area contributed by atoms with Crippen molar-refractivity contribution in [3.05, 3.63) is 23.1 Å². The highest BCUT2D eigenvalue weighted by Crippen LogP contribution is 2.52. The molecule has 208 valence electrons. The van der Waals surface area contributed by atoms with Crippen molar-refractivity contribution in [2.24, 2.45) is 11.8 Å². The number of hydrogen-bond donors (Lipinski definition) is 1. The van der Waals surface area contributed by atoms with Crippen LogP contribution >= 0.6 is 11.3 Å². The van der Waals surface area contributed by atoms with E-state index in [1.165, 1.54) is 25.1 Å². The number of fused-ring (bicyclic) bond motifs is 2. The van der Waals surface area contributed by atoms with Crippen LogP contribution in [0.5, 0.6) is 0 Å². The van der Waals surface area contributed by atoms with Gasteiger partial charge in [-0.2, -0.15) is 0 Å². The summed E-state index contributed by atoms with van der Waals surface area (Å²) < 4.78 is 41.6. The van der Waals surface area contributed by atoms with Crippen LogP contribution in [0.3, 0.4) is 0 Å². The van der Waals surface area contributed by atoms with Crippen LogP contribution in [-0.2, 0) is 33.6 Å². The molecule has 5 atom stereocenters. The van der Waals surface area contributed by atoms with Crippen molar-refractivity contribution in [2.75, 3.05) is 6.26 Å². The number of carbonyl (C=O) groups excluding carboxylic acids is 3. The van der Waals surface area contributed by atoms with Crippen LogP contribution in [-0.4, -0.2) is 76.6 Å². The molecule has 4 rings (SSSR count). The van der Waals surface area contributed by atoms with Crippen molar-refractivity contribution in [3.63, 3.8) is 0 Å². The van der Waals surface area contributed by atoms with Gasteiger partial charge in [0.05, 0.1) is 22.9 Å². The summed E-state index contributed by atoms with van der Waals surface area (Å²) in [4.78, 5) is 44.7. The molecule has 0 aliphatic carbocycles. The number of esters is 1. The molecule has 1 amide bonds. The summed E-state index contributed by atoms with van der Waals surface area (Å²) in [7, 11) is -3.61. The smallest absolute Gasteiger partial charge is 0.431 e. The number of amides is 1. The number of aliphatic hydroxyl groups excluding tert-OH is 1. The van der Waals surface area contributed by atoms with Crippen LogP contribution in [0.25, 0.3) is 10.4 Å². The molecule has 38 heavy (non-hydrogen) atoms. The Morgan fingerprint density at radius 1 is 1.18 bits per heavy atom. The topological polar surface area (TPSA) is 154 Å². The molecular formula is C24H31N3O9S2. The first-order valence-electron chi connectivity index (χ1n) is 12.3. The number of nitrogens with zero attached hydrogens (tertiary/aromatic N) is 3. The van der Waals surface area contributed by atoms with Gasteiger partial charge in [0.1, 0.15) is 23.0 Å². The molecule has 1 saturated heterocycles. The molecule has 1 fully saturated rings. The van der Waals surface area contributed by atoms with Gasteiger partial charge in [-0.05, 0) is 19.8 Å². The maximum absolute atomic E-state index is 13.4. The van der Waals surface area contributed by atoms with Crippen molar-refractivity contribution < 1.29 is 42.1 Å². The molecule has 0 aromatic carbocycles.